The second-order valence-corrected chi connectivity index (χ2v) is 5.18. The predicted octanol–water partition coefficient (Wildman–Crippen LogP) is 4.08. The third-order valence-corrected chi connectivity index (χ3v) is 3.09. The maximum atomic E-state index is 5.97. The van der Waals surface area contributed by atoms with Crippen LogP contribution in [0.15, 0.2) is 54.6 Å². The van der Waals surface area contributed by atoms with Gasteiger partial charge in [-0.1, -0.05) is 65.7 Å². The number of aryl methyl sites for hydroxylation is 2. The van der Waals surface area contributed by atoms with Gasteiger partial charge in [0.25, 0.3) is 0 Å². The van der Waals surface area contributed by atoms with Crippen LogP contribution in [0.4, 0.5) is 0 Å². The summed E-state index contributed by atoms with van der Waals surface area (Å²) in [5.41, 5.74) is 12.2. The van der Waals surface area contributed by atoms with Gasteiger partial charge >= 0.3 is 0 Å². The summed E-state index contributed by atoms with van der Waals surface area (Å²) in [4.78, 5) is 0. The molecule has 0 aliphatic carbocycles. The summed E-state index contributed by atoms with van der Waals surface area (Å²) in [5, 5.41) is 0. The van der Waals surface area contributed by atoms with Crippen LogP contribution in [0.5, 0.6) is 0 Å². The van der Waals surface area contributed by atoms with E-state index in [-0.39, 0.29) is 6.04 Å². The van der Waals surface area contributed by atoms with Crippen molar-refractivity contribution >= 4 is 5.57 Å². The van der Waals surface area contributed by atoms with Crippen molar-refractivity contribution in [3.05, 3.63) is 76.9 Å². The average Bonchev–Trinajstić information content (AvgIpc) is 2.35. The normalized spacial score (nSPS) is 12.0. The molecule has 2 aromatic rings. The van der Waals surface area contributed by atoms with Crippen LogP contribution in [-0.2, 0) is 0 Å². The molecule has 0 saturated carbocycles. The second kappa shape index (κ2) is 5.85. The fraction of sp³-hybridized carbons (Fsp3) is 0.222. The zero-order valence-corrected chi connectivity index (χ0v) is 11.9. The van der Waals surface area contributed by atoms with Gasteiger partial charge in [0.2, 0.25) is 0 Å². The van der Waals surface area contributed by atoms with Crippen LogP contribution >= 0.6 is 0 Å². The highest BCUT2D eigenvalue weighted by Crippen LogP contribution is 2.25. The summed E-state index contributed by atoms with van der Waals surface area (Å²) >= 11 is 0. The molecule has 1 atom stereocenters. The Morgan fingerprint density at radius 2 is 1.42 bits per heavy atom. The highest BCUT2D eigenvalue weighted by molar-refractivity contribution is 5.80. The van der Waals surface area contributed by atoms with Gasteiger partial charge in [-0.15, -0.1) is 0 Å². The lowest BCUT2D eigenvalue weighted by atomic mass is 9.94. The van der Waals surface area contributed by atoms with E-state index in [2.05, 4.69) is 68.5 Å². The maximum Gasteiger partial charge on any atom is 0.0204 e. The lowest BCUT2D eigenvalue weighted by Crippen LogP contribution is -2.11. The Balaban J connectivity index is 2.54. The quantitative estimate of drug-likeness (QED) is 0.874. The van der Waals surface area contributed by atoms with Crippen LogP contribution in [0.2, 0.25) is 0 Å². The van der Waals surface area contributed by atoms with Crippen LogP contribution in [0.25, 0.3) is 5.57 Å². The van der Waals surface area contributed by atoms with E-state index in [4.69, 9.17) is 5.73 Å². The first-order chi connectivity index (χ1) is 9.06. The molecule has 1 nitrogen and oxygen atoms in total. The van der Waals surface area contributed by atoms with Gasteiger partial charge in [-0.25, -0.2) is 0 Å². The first kappa shape index (κ1) is 13.6. The molecule has 19 heavy (non-hydrogen) atoms. The summed E-state index contributed by atoms with van der Waals surface area (Å²) in [7, 11) is 0. The molecule has 0 aromatic heterocycles. The molecule has 0 radical (unpaired) electrons. The highest BCUT2D eigenvalue weighted by Gasteiger charge is 2.06. The summed E-state index contributed by atoms with van der Waals surface area (Å²) in [6.07, 6.45) is 2.13. The predicted molar refractivity (Wildman–Crippen MR) is 83.1 cm³/mol. The molecule has 2 N–H and O–H groups in total. The van der Waals surface area contributed by atoms with Crippen molar-refractivity contribution in [3.8, 4) is 0 Å². The topological polar surface area (TPSA) is 26.0 Å². The fourth-order valence-corrected chi connectivity index (χ4v) is 2.25. The smallest absolute Gasteiger partial charge is 0.0204 e. The fourth-order valence-electron chi connectivity index (χ4n) is 2.25. The van der Waals surface area contributed by atoms with Crippen molar-refractivity contribution in [2.75, 3.05) is 0 Å². The summed E-state index contributed by atoms with van der Waals surface area (Å²) in [5.74, 6) is 0. The van der Waals surface area contributed by atoms with E-state index in [1.165, 1.54) is 27.8 Å². The lowest BCUT2D eigenvalue weighted by Gasteiger charge is -2.12. The summed E-state index contributed by atoms with van der Waals surface area (Å²) in [6.45, 7) is 6.23. The van der Waals surface area contributed by atoms with Crippen molar-refractivity contribution in [1.82, 2.24) is 0 Å². The van der Waals surface area contributed by atoms with Gasteiger partial charge in [-0.3, -0.25) is 0 Å². The zero-order chi connectivity index (χ0) is 13.8. The lowest BCUT2D eigenvalue weighted by molar-refractivity contribution is 0.927. The number of benzene rings is 2. The van der Waals surface area contributed by atoms with E-state index in [9.17, 15) is 0 Å². The van der Waals surface area contributed by atoms with E-state index in [0.29, 0.717) is 0 Å². The molecular formula is C18H21N. The molecule has 2 aromatic carbocycles. The van der Waals surface area contributed by atoms with E-state index in [1.54, 1.807) is 0 Å². The Morgan fingerprint density at radius 3 is 1.79 bits per heavy atom. The minimum absolute atomic E-state index is 0.0380. The molecule has 98 valence electrons. The molecule has 0 amide bonds. The Labute approximate surface area is 115 Å². The molecule has 0 saturated heterocycles. The molecule has 1 unspecified atom stereocenters. The van der Waals surface area contributed by atoms with E-state index < -0.39 is 0 Å². The number of nitrogens with two attached hydrogens (primary N) is 1. The molecule has 0 bridgehead atoms. The molecule has 0 aliphatic rings. The largest absolute Gasteiger partial charge is 0.325 e. The maximum absolute atomic E-state index is 5.97. The molecule has 0 spiro atoms. The van der Waals surface area contributed by atoms with Gasteiger partial charge in [0, 0.05) is 6.04 Å². The molecule has 0 heterocycles. The van der Waals surface area contributed by atoms with Crippen LogP contribution in [-0.4, -0.2) is 6.04 Å². The van der Waals surface area contributed by atoms with Crippen molar-refractivity contribution in [2.45, 2.75) is 26.8 Å². The summed E-state index contributed by atoms with van der Waals surface area (Å²) in [6, 6.07) is 17.1. The average molecular weight is 251 g/mol. The van der Waals surface area contributed by atoms with Crippen LogP contribution in [0.1, 0.15) is 29.2 Å². The van der Waals surface area contributed by atoms with Gasteiger partial charge in [0.1, 0.15) is 0 Å². The van der Waals surface area contributed by atoms with Gasteiger partial charge in [0.15, 0.2) is 0 Å². The second-order valence-electron chi connectivity index (χ2n) is 5.18. The van der Waals surface area contributed by atoms with Gasteiger partial charge in [-0.2, -0.15) is 0 Å². The minimum atomic E-state index is 0.0380. The Hall–Kier alpha value is -1.86. The molecular weight excluding hydrogens is 230 g/mol. The van der Waals surface area contributed by atoms with Crippen LogP contribution in [0, 0.1) is 13.8 Å². The highest BCUT2D eigenvalue weighted by atomic mass is 14.6. The van der Waals surface area contributed by atoms with Gasteiger partial charge < -0.3 is 5.73 Å². The molecule has 2 rings (SSSR count). The van der Waals surface area contributed by atoms with Gasteiger partial charge in [-0.05, 0) is 37.5 Å². The first-order valence-electron chi connectivity index (χ1n) is 6.68. The number of hydrogen-bond donors (Lipinski definition) is 1. The third-order valence-electron chi connectivity index (χ3n) is 3.09. The molecule has 0 aliphatic heterocycles. The minimum Gasteiger partial charge on any atom is -0.325 e. The first-order valence-corrected chi connectivity index (χ1v) is 6.68. The van der Waals surface area contributed by atoms with Crippen molar-refractivity contribution in [3.63, 3.8) is 0 Å². The van der Waals surface area contributed by atoms with E-state index in [1.807, 2.05) is 6.92 Å². The Kier molecular flexibility index (Phi) is 4.18. The number of hydrogen-bond acceptors (Lipinski definition) is 1. The third kappa shape index (κ3) is 3.55. The Bertz CT molecular complexity index is 547. The summed E-state index contributed by atoms with van der Waals surface area (Å²) < 4.78 is 0. The van der Waals surface area contributed by atoms with Crippen molar-refractivity contribution in [1.29, 1.82) is 0 Å². The molecule has 1 heteroatoms. The Morgan fingerprint density at radius 1 is 0.947 bits per heavy atom. The van der Waals surface area contributed by atoms with Crippen LogP contribution < -0.4 is 5.73 Å². The van der Waals surface area contributed by atoms with Gasteiger partial charge in [0.05, 0.1) is 0 Å². The standard InChI is InChI=1S/C18H21N/c1-13-6-4-8-16(10-13)18(12-15(3)19)17-9-5-7-14(2)11-17/h4-12,15H,19H2,1-3H3. The zero-order valence-electron chi connectivity index (χ0n) is 11.9. The SMILES string of the molecule is Cc1cccc(C(=CC(C)N)c2cccc(C)c2)c1. The molecule has 0 fully saturated rings. The van der Waals surface area contributed by atoms with Crippen molar-refractivity contribution in [2.24, 2.45) is 5.73 Å². The number of rotatable bonds is 3. The van der Waals surface area contributed by atoms with E-state index in [0.717, 1.165) is 0 Å². The van der Waals surface area contributed by atoms with E-state index >= 15 is 0 Å². The van der Waals surface area contributed by atoms with Crippen LogP contribution in [0.3, 0.4) is 0 Å². The van der Waals surface area contributed by atoms with Crippen molar-refractivity contribution < 1.29 is 0 Å². The monoisotopic (exact) mass is 251 g/mol.